The van der Waals surface area contributed by atoms with Crippen molar-refractivity contribution in [3.63, 3.8) is 0 Å². The van der Waals surface area contributed by atoms with Gasteiger partial charge < -0.3 is 21.1 Å². The van der Waals surface area contributed by atoms with Gasteiger partial charge in [0.15, 0.2) is 0 Å². The van der Waals surface area contributed by atoms with E-state index in [1.807, 2.05) is 72.1 Å². The first-order chi connectivity index (χ1) is 14.1. The maximum atomic E-state index is 12.3. The van der Waals surface area contributed by atoms with Crippen LogP contribution in [0.15, 0.2) is 72.1 Å². The Morgan fingerprint density at radius 3 is 2.34 bits per heavy atom. The van der Waals surface area contributed by atoms with Crippen molar-refractivity contribution in [2.24, 2.45) is 5.73 Å². The van der Waals surface area contributed by atoms with Crippen molar-refractivity contribution >= 4 is 23.3 Å². The molecule has 3 rings (SSSR count). The first-order valence-corrected chi connectivity index (χ1v) is 10.1. The van der Waals surface area contributed by atoms with Crippen molar-refractivity contribution in [2.75, 3.05) is 0 Å². The quantitative estimate of drug-likeness (QED) is 0.502. The van der Waals surface area contributed by atoms with Crippen molar-refractivity contribution in [1.29, 1.82) is 0 Å². The van der Waals surface area contributed by atoms with Crippen LogP contribution in [0.1, 0.15) is 28.5 Å². The van der Waals surface area contributed by atoms with Gasteiger partial charge in [-0.25, -0.2) is 4.79 Å². The van der Waals surface area contributed by atoms with Crippen LogP contribution < -0.4 is 21.1 Å². The number of hydrogen-bond donors (Lipinski definition) is 3. The summed E-state index contributed by atoms with van der Waals surface area (Å²) in [7, 11) is 0. The Hall–Kier alpha value is -3.32. The zero-order valence-electron chi connectivity index (χ0n) is 15.8. The molecular formula is C22H23N3O3S. The van der Waals surface area contributed by atoms with E-state index in [2.05, 4.69) is 10.6 Å². The summed E-state index contributed by atoms with van der Waals surface area (Å²) in [5, 5.41) is 7.40. The van der Waals surface area contributed by atoms with Crippen LogP contribution in [0.3, 0.4) is 0 Å². The van der Waals surface area contributed by atoms with Crippen LogP contribution in [0.25, 0.3) is 0 Å². The number of carbonyl (C=O) groups is 2. The number of rotatable bonds is 9. The molecule has 3 aromatic rings. The van der Waals surface area contributed by atoms with Crippen LogP contribution in [0.5, 0.6) is 5.75 Å². The molecule has 0 bridgehead atoms. The highest BCUT2D eigenvalue weighted by atomic mass is 32.1. The summed E-state index contributed by atoms with van der Waals surface area (Å²) in [6.07, 6.45) is 0.131. The van der Waals surface area contributed by atoms with Crippen molar-refractivity contribution in [3.8, 4) is 5.75 Å². The highest BCUT2D eigenvalue weighted by Gasteiger charge is 2.18. The Bertz CT molecular complexity index is 912. The maximum Gasteiger partial charge on any atom is 0.312 e. The third kappa shape index (κ3) is 6.65. The molecule has 6 nitrogen and oxygen atoms in total. The first-order valence-electron chi connectivity index (χ1n) is 9.22. The van der Waals surface area contributed by atoms with E-state index in [0.717, 1.165) is 21.8 Å². The molecule has 1 heterocycles. The summed E-state index contributed by atoms with van der Waals surface area (Å²) in [6.45, 7) is 0.893. The molecule has 0 aliphatic rings. The minimum atomic E-state index is -0.649. The fourth-order valence-corrected chi connectivity index (χ4v) is 3.56. The van der Waals surface area contributed by atoms with E-state index in [-0.39, 0.29) is 12.3 Å². The summed E-state index contributed by atoms with van der Waals surface area (Å²) in [5.74, 6) is 0.669. The largest absolute Gasteiger partial charge is 0.489 e. The van der Waals surface area contributed by atoms with E-state index in [9.17, 15) is 9.59 Å². The van der Waals surface area contributed by atoms with Crippen LogP contribution in [-0.2, 0) is 17.9 Å². The number of thiophene rings is 1. The second-order valence-corrected chi connectivity index (χ2v) is 7.45. The number of primary amides is 1. The molecule has 0 saturated carbocycles. The Morgan fingerprint density at radius 1 is 0.966 bits per heavy atom. The molecule has 0 spiro atoms. The number of amides is 3. The van der Waals surface area contributed by atoms with Gasteiger partial charge in [-0.1, -0.05) is 48.5 Å². The number of nitrogens with two attached hydrogens (primary N) is 1. The number of benzene rings is 2. The van der Waals surface area contributed by atoms with Gasteiger partial charge in [-0.15, -0.1) is 11.3 Å². The first kappa shape index (κ1) is 20.4. The molecule has 150 valence electrons. The van der Waals surface area contributed by atoms with Crippen LogP contribution in [0.4, 0.5) is 4.79 Å². The van der Waals surface area contributed by atoms with Gasteiger partial charge in [-0.05, 0) is 34.7 Å². The summed E-state index contributed by atoms with van der Waals surface area (Å²) in [5.41, 5.74) is 7.26. The molecular weight excluding hydrogens is 386 g/mol. The minimum absolute atomic E-state index is 0.131. The molecule has 4 N–H and O–H groups in total. The van der Waals surface area contributed by atoms with E-state index < -0.39 is 12.1 Å². The molecule has 0 radical (unpaired) electrons. The highest BCUT2D eigenvalue weighted by molar-refractivity contribution is 7.10. The van der Waals surface area contributed by atoms with Crippen molar-refractivity contribution < 1.29 is 14.3 Å². The smallest absolute Gasteiger partial charge is 0.312 e. The standard InChI is InChI=1S/C22H23N3O3S/c23-22(27)25-19(20-7-4-12-29-20)13-21(26)24-14-16-8-10-17(11-9-16)15-28-18-5-2-1-3-6-18/h1-12,19H,13-15H2,(H,24,26)(H3,23,25,27). The second kappa shape index (κ2) is 10.3. The van der Waals surface area contributed by atoms with E-state index in [0.29, 0.717) is 13.2 Å². The van der Waals surface area contributed by atoms with Crippen LogP contribution in [0.2, 0.25) is 0 Å². The summed E-state index contributed by atoms with van der Waals surface area (Å²) in [4.78, 5) is 24.4. The summed E-state index contributed by atoms with van der Waals surface area (Å²) >= 11 is 1.47. The zero-order chi connectivity index (χ0) is 20.5. The van der Waals surface area contributed by atoms with Crippen LogP contribution in [-0.4, -0.2) is 11.9 Å². The third-order valence-electron chi connectivity index (χ3n) is 4.25. The lowest BCUT2D eigenvalue weighted by molar-refractivity contribution is -0.121. The maximum absolute atomic E-state index is 12.3. The van der Waals surface area contributed by atoms with Crippen molar-refractivity contribution in [1.82, 2.24) is 10.6 Å². The number of nitrogens with one attached hydrogen (secondary N) is 2. The molecule has 29 heavy (non-hydrogen) atoms. The molecule has 7 heteroatoms. The average molecular weight is 410 g/mol. The lowest BCUT2D eigenvalue weighted by atomic mass is 10.1. The number of urea groups is 1. The van der Waals surface area contributed by atoms with Gasteiger partial charge in [0.1, 0.15) is 12.4 Å². The Kier molecular flexibility index (Phi) is 7.24. The number of ether oxygens (including phenoxy) is 1. The van der Waals surface area contributed by atoms with Gasteiger partial charge in [0.05, 0.1) is 12.5 Å². The van der Waals surface area contributed by atoms with Gasteiger partial charge in [-0.2, -0.15) is 0 Å². The third-order valence-corrected chi connectivity index (χ3v) is 5.24. The van der Waals surface area contributed by atoms with Crippen LogP contribution >= 0.6 is 11.3 Å². The van der Waals surface area contributed by atoms with E-state index in [4.69, 9.17) is 10.5 Å². The molecule has 0 saturated heterocycles. The molecule has 2 aromatic carbocycles. The fraction of sp³-hybridized carbons (Fsp3) is 0.182. The number of para-hydroxylation sites is 1. The SMILES string of the molecule is NC(=O)NC(CC(=O)NCc1ccc(COc2ccccc2)cc1)c1cccs1. The van der Waals surface area contributed by atoms with Crippen LogP contribution in [0, 0.1) is 0 Å². The lowest BCUT2D eigenvalue weighted by Gasteiger charge is -2.16. The molecule has 0 aliphatic heterocycles. The minimum Gasteiger partial charge on any atom is -0.489 e. The molecule has 0 aliphatic carbocycles. The fourth-order valence-electron chi connectivity index (χ4n) is 2.78. The van der Waals surface area contributed by atoms with Gasteiger partial charge in [0, 0.05) is 11.4 Å². The molecule has 1 atom stereocenters. The monoisotopic (exact) mass is 409 g/mol. The van der Waals surface area contributed by atoms with Gasteiger partial charge in [0.2, 0.25) is 5.91 Å². The lowest BCUT2D eigenvalue weighted by Crippen LogP contribution is -2.36. The predicted molar refractivity (Wildman–Crippen MR) is 113 cm³/mol. The summed E-state index contributed by atoms with van der Waals surface area (Å²) in [6, 6.07) is 20.2. The van der Waals surface area contributed by atoms with Gasteiger partial charge in [-0.3, -0.25) is 4.79 Å². The summed E-state index contributed by atoms with van der Waals surface area (Å²) < 4.78 is 5.73. The van der Waals surface area contributed by atoms with E-state index >= 15 is 0 Å². The Balaban J connectivity index is 1.47. The van der Waals surface area contributed by atoms with Gasteiger partial charge in [0.25, 0.3) is 0 Å². The molecule has 1 unspecified atom stereocenters. The van der Waals surface area contributed by atoms with E-state index in [1.165, 1.54) is 11.3 Å². The predicted octanol–water partition coefficient (Wildman–Crippen LogP) is 3.74. The van der Waals surface area contributed by atoms with E-state index in [1.54, 1.807) is 0 Å². The average Bonchev–Trinajstić information content (AvgIpc) is 3.26. The number of carbonyl (C=O) groups excluding carboxylic acids is 2. The number of hydrogen-bond acceptors (Lipinski definition) is 4. The Morgan fingerprint density at radius 2 is 1.69 bits per heavy atom. The Labute approximate surface area is 173 Å². The zero-order valence-corrected chi connectivity index (χ0v) is 16.7. The van der Waals surface area contributed by atoms with Crippen molar-refractivity contribution in [2.45, 2.75) is 25.6 Å². The molecule has 0 fully saturated rings. The molecule has 3 amide bonds. The van der Waals surface area contributed by atoms with Gasteiger partial charge >= 0.3 is 6.03 Å². The molecule has 1 aromatic heterocycles. The highest BCUT2D eigenvalue weighted by Crippen LogP contribution is 2.22. The van der Waals surface area contributed by atoms with Crippen molar-refractivity contribution in [3.05, 3.63) is 88.1 Å². The topological polar surface area (TPSA) is 93.5 Å². The normalized spacial score (nSPS) is 11.4. The second-order valence-electron chi connectivity index (χ2n) is 6.48.